The summed E-state index contributed by atoms with van der Waals surface area (Å²) in [6.07, 6.45) is 0. The van der Waals surface area contributed by atoms with E-state index in [9.17, 15) is 9.90 Å². The number of anilines is 1. The minimum Gasteiger partial charge on any atom is -0.506 e. The average Bonchev–Trinajstić information content (AvgIpc) is 2.35. The van der Waals surface area contributed by atoms with Crippen LogP contribution in [0.15, 0.2) is 40.9 Å². The van der Waals surface area contributed by atoms with Crippen molar-refractivity contribution in [2.45, 2.75) is 6.92 Å². The number of amides is 1. The summed E-state index contributed by atoms with van der Waals surface area (Å²) in [6.45, 7) is 1.88. The summed E-state index contributed by atoms with van der Waals surface area (Å²) in [6, 6.07) is 10.6. The van der Waals surface area contributed by atoms with Crippen LogP contribution in [0, 0.1) is 10.5 Å². The van der Waals surface area contributed by atoms with E-state index in [1.54, 1.807) is 18.2 Å². The molecule has 0 bridgehead atoms. The Labute approximate surface area is 133 Å². The number of hydrogen-bond acceptors (Lipinski definition) is 2. The van der Waals surface area contributed by atoms with Gasteiger partial charge in [-0.3, -0.25) is 4.79 Å². The molecule has 1 amide bonds. The smallest absolute Gasteiger partial charge is 0.256 e. The van der Waals surface area contributed by atoms with Crippen molar-refractivity contribution in [1.82, 2.24) is 0 Å². The third-order valence-electron chi connectivity index (χ3n) is 2.57. The van der Waals surface area contributed by atoms with E-state index < -0.39 is 0 Å². The van der Waals surface area contributed by atoms with Crippen LogP contribution in [-0.2, 0) is 0 Å². The van der Waals surface area contributed by atoms with Crippen LogP contribution in [0.2, 0.25) is 0 Å². The van der Waals surface area contributed by atoms with Gasteiger partial charge in [0.15, 0.2) is 0 Å². The van der Waals surface area contributed by atoms with Crippen LogP contribution in [-0.4, -0.2) is 11.0 Å². The predicted molar refractivity (Wildman–Crippen MR) is 87.7 cm³/mol. The molecule has 5 heteroatoms. The fraction of sp³-hybridized carbons (Fsp3) is 0.0714. The van der Waals surface area contributed by atoms with Crippen molar-refractivity contribution in [3.63, 3.8) is 0 Å². The quantitative estimate of drug-likeness (QED) is 0.549. The summed E-state index contributed by atoms with van der Waals surface area (Å²) in [7, 11) is 0. The number of nitrogens with one attached hydrogen (secondary N) is 1. The second-order valence-electron chi connectivity index (χ2n) is 4.10. The van der Waals surface area contributed by atoms with Gasteiger partial charge in [-0.2, -0.15) is 0 Å². The van der Waals surface area contributed by atoms with Crippen molar-refractivity contribution in [1.29, 1.82) is 0 Å². The minimum absolute atomic E-state index is 0.0649. The van der Waals surface area contributed by atoms with Crippen molar-refractivity contribution >= 4 is 50.1 Å². The van der Waals surface area contributed by atoms with Gasteiger partial charge in [-0.1, -0.05) is 6.07 Å². The highest BCUT2D eigenvalue weighted by Gasteiger charge is 2.12. The van der Waals surface area contributed by atoms with Gasteiger partial charge < -0.3 is 10.4 Å². The van der Waals surface area contributed by atoms with E-state index in [1.807, 2.05) is 25.1 Å². The molecule has 2 rings (SSSR count). The highest BCUT2D eigenvalue weighted by molar-refractivity contribution is 14.1. The minimum atomic E-state index is -0.260. The molecule has 0 aliphatic carbocycles. The molecule has 0 aromatic heterocycles. The zero-order chi connectivity index (χ0) is 14.0. The molecular formula is C14H11BrINO2. The van der Waals surface area contributed by atoms with E-state index in [0.717, 1.165) is 13.6 Å². The fourth-order valence-electron chi connectivity index (χ4n) is 1.61. The van der Waals surface area contributed by atoms with Gasteiger partial charge in [-0.05, 0) is 81.3 Å². The average molecular weight is 432 g/mol. The van der Waals surface area contributed by atoms with Gasteiger partial charge in [0.25, 0.3) is 5.91 Å². The molecule has 0 saturated heterocycles. The maximum Gasteiger partial charge on any atom is 0.256 e. The first-order valence-electron chi connectivity index (χ1n) is 5.53. The number of halogens is 2. The summed E-state index contributed by atoms with van der Waals surface area (Å²) in [5, 5.41) is 12.5. The Morgan fingerprint density at radius 3 is 2.68 bits per heavy atom. The zero-order valence-corrected chi connectivity index (χ0v) is 13.8. The van der Waals surface area contributed by atoms with Crippen molar-refractivity contribution in [3.8, 4) is 5.75 Å². The largest absolute Gasteiger partial charge is 0.506 e. The van der Waals surface area contributed by atoms with E-state index in [0.29, 0.717) is 11.3 Å². The normalized spacial score (nSPS) is 10.3. The van der Waals surface area contributed by atoms with Crippen LogP contribution in [0.1, 0.15) is 15.9 Å². The van der Waals surface area contributed by atoms with Crippen molar-refractivity contribution in [2.75, 3.05) is 5.32 Å². The second-order valence-corrected chi connectivity index (χ2v) is 6.20. The number of aryl methyl sites for hydroxylation is 1. The van der Waals surface area contributed by atoms with Gasteiger partial charge in [0.05, 0.1) is 11.3 Å². The topological polar surface area (TPSA) is 49.3 Å². The molecule has 2 aromatic carbocycles. The van der Waals surface area contributed by atoms with E-state index in [4.69, 9.17) is 0 Å². The van der Waals surface area contributed by atoms with Crippen molar-refractivity contribution < 1.29 is 9.90 Å². The molecule has 0 atom stereocenters. The van der Waals surface area contributed by atoms with Gasteiger partial charge in [0.1, 0.15) is 5.75 Å². The zero-order valence-electron chi connectivity index (χ0n) is 10.1. The number of aromatic hydroxyl groups is 1. The van der Waals surface area contributed by atoms with Crippen LogP contribution in [0.5, 0.6) is 5.75 Å². The molecule has 0 heterocycles. The summed E-state index contributed by atoms with van der Waals surface area (Å²) in [4.78, 5) is 12.2. The highest BCUT2D eigenvalue weighted by atomic mass is 127. The number of phenolic OH excluding ortho intramolecular Hbond substituents is 1. The summed E-state index contributed by atoms with van der Waals surface area (Å²) in [5.41, 5.74) is 1.87. The molecule has 2 aromatic rings. The molecule has 0 aliphatic rings. The molecule has 0 radical (unpaired) electrons. The van der Waals surface area contributed by atoms with Crippen LogP contribution >= 0.6 is 38.5 Å². The lowest BCUT2D eigenvalue weighted by molar-refractivity contribution is 0.102. The first-order chi connectivity index (χ1) is 8.97. The second kappa shape index (κ2) is 5.92. The third kappa shape index (κ3) is 3.48. The van der Waals surface area contributed by atoms with Crippen LogP contribution in [0.4, 0.5) is 5.69 Å². The highest BCUT2D eigenvalue weighted by Crippen LogP contribution is 2.26. The Balaban J connectivity index is 2.28. The molecule has 0 spiro atoms. The number of rotatable bonds is 2. The standard InChI is InChI=1S/C14H11BrINO2/c1-8-2-5-12(13(18)6-8)17-14(19)10-7-9(16)3-4-11(10)15/h2-7,18H,1H3,(H,17,19). The number of hydrogen-bond donors (Lipinski definition) is 2. The summed E-state index contributed by atoms with van der Waals surface area (Å²) >= 11 is 5.50. The fourth-order valence-corrected chi connectivity index (χ4v) is 2.53. The van der Waals surface area contributed by atoms with E-state index in [-0.39, 0.29) is 11.7 Å². The van der Waals surface area contributed by atoms with E-state index in [2.05, 4.69) is 43.8 Å². The molecule has 0 unspecified atom stereocenters. The van der Waals surface area contributed by atoms with E-state index in [1.165, 1.54) is 0 Å². The molecule has 19 heavy (non-hydrogen) atoms. The Morgan fingerprint density at radius 2 is 2.00 bits per heavy atom. The maximum absolute atomic E-state index is 12.2. The maximum atomic E-state index is 12.2. The van der Waals surface area contributed by atoms with Crippen molar-refractivity contribution in [2.24, 2.45) is 0 Å². The third-order valence-corrected chi connectivity index (χ3v) is 3.94. The molecule has 98 valence electrons. The van der Waals surface area contributed by atoms with Crippen LogP contribution in [0.25, 0.3) is 0 Å². The van der Waals surface area contributed by atoms with Crippen LogP contribution in [0.3, 0.4) is 0 Å². The number of carbonyl (C=O) groups excluding carboxylic acids is 1. The SMILES string of the molecule is Cc1ccc(NC(=O)c2cc(I)ccc2Br)c(O)c1. The summed E-state index contributed by atoms with van der Waals surface area (Å²) < 4.78 is 1.69. The molecule has 2 N–H and O–H groups in total. The van der Waals surface area contributed by atoms with Gasteiger partial charge in [0.2, 0.25) is 0 Å². The van der Waals surface area contributed by atoms with E-state index >= 15 is 0 Å². The molecule has 0 saturated carbocycles. The Hall–Kier alpha value is -1.08. The molecule has 3 nitrogen and oxygen atoms in total. The number of phenols is 1. The lowest BCUT2D eigenvalue weighted by Gasteiger charge is -2.09. The summed E-state index contributed by atoms with van der Waals surface area (Å²) in [5.74, 6) is -0.195. The van der Waals surface area contributed by atoms with Gasteiger partial charge in [-0.15, -0.1) is 0 Å². The van der Waals surface area contributed by atoms with Gasteiger partial charge >= 0.3 is 0 Å². The first kappa shape index (κ1) is 14.3. The predicted octanol–water partition coefficient (Wildman–Crippen LogP) is 4.32. The number of carbonyl (C=O) groups is 1. The number of benzene rings is 2. The van der Waals surface area contributed by atoms with Gasteiger partial charge in [-0.25, -0.2) is 0 Å². The monoisotopic (exact) mass is 431 g/mol. The Bertz CT molecular complexity index is 643. The molecular weight excluding hydrogens is 421 g/mol. The van der Waals surface area contributed by atoms with Gasteiger partial charge in [0, 0.05) is 8.04 Å². The van der Waals surface area contributed by atoms with Crippen LogP contribution < -0.4 is 5.32 Å². The first-order valence-corrected chi connectivity index (χ1v) is 7.40. The van der Waals surface area contributed by atoms with Crippen molar-refractivity contribution in [3.05, 3.63) is 55.6 Å². The Morgan fingerprint density at radius 1 is 1.26 bits per heavy atom. The molecule has 0 fully saturated rings. The Kier molecular flexibility index (Phi) is 4.46. The lowest BCUT2D eigenvalue weighted by atomic mass is 10.2. The lowest BCUT2D eigenvalue weighted by Crippen LogP contribution is -2.13. The molecule has 0 aliphatic heterocycles.